The van der Waals surface area contributed by atoms with Crippen molar-refractivity contribution in [2.45, 2.75) is 45.4 Å². The Hall–Kier alpha value is -1.58. The molecule has 0 aliphatic heterocycles. The summed E-state index contributed by atoms with van der Waals surface area (Å²) in [7, 11) is 0. The third-order valence-corrected chi connectivity index (χ3v) is 2.86. The Morgan fingerprint density at radius 2 is 1.89 bits per heavy atom. The van der Waals surface area contributed by atoms with E-state index >= 15 is 0 Å². The second kappa shape index (κ2) is 8.50. The number of unbranched alkanes of at least 4 members (excludes halogenated alkanes) is 5. The average molecular weight is 250 g/mol. The molecule has 1 rings (SSSR count). The Morgan fingerprint density at radius 1 is 1.17 bits per heavy atom. The summed E-state index contributed by atoms with van der Waals surface area (Å²) in [5.74, 6) is -0.125. The molecule has 0 saturated carbocycles. The van der Waals surface area contributed by atoms with Crippen molar-refractivity contribution in [3.8, 4) is 0 Å². The predicted octanol–water partition coefficient (Wildman–Crippen LogP) is 2.47. The summed E-state index contributed by atoms with van der Waals surface area (Å²) in [6.07, 6.45) is 8.68. The largest absolute Gasteiger partial charge is 0.352 e. The molecule has 0 saturated heterocycles. The maximum absolute atomic E-state index is 11.7. The summed E-state index contributed by atoms with van der Waals surface area (Å²) >= 11 is 0. The number of H-pyrrole nitrogens is 1. The standard InChI is InChI=1S/C14H22N2O2/c1-2-3-4-5-6-7-10-15-14(18)12-8-9-13(17)16-11-12/h8-9,11H,2-7,10H2,1H3,(H,15,18)(H,16,17). The summed E-state index contributed by atoms with van der Waals surface area (Å²) in [5.41, 5.74) is 0.308. The van der Waals surface area contributed by atoms with Gasteiger partial charge in [0.05, 0.1) is 5.56 Å². The Kier molecular flexibility index (Phi) is 6.84. The summed E-state index contributed by atoms with van der Waals surface area (Å²) in [5, 5.41) is 2.85. The SMILES string of the molecule is CCCCCCCCNC(=O)c1ccc(=O)[nH]c1. The van der Waals surface area contributed by atoms with E-state index in [0.717, 1.165) is 12.8 Å². The fourth-order valence-electron chi connectivity index (χ4n) is 1.76. The van der Waals surface area contributed by atoms with E-state index in [1.54, 1.807) is 0 Å². The van der Waals surface area contributed by atoms with Gasteiger partial charge in [0.1, 0.15) is 0 Å². The molecule has 0 unspecified atom stereocenters. The van der Waals surface area contributed by atoms with Crippen molar-refractivity contribution in [3.05, 3.63) is 34.2 Å². The molecular formula is C14H22N2O2. The number of aromatic amines is 1. The molecule has 1 amide bonds. The minimum absolute atomic E-state index is 0.125. The molecule has 0 spiro atoms. The maximum atomic E-state index is 11.7. The number of nitrogens with one attached hydrogen (secondary N) is 2. The van der Waals surface area contributed by atoms with Crippen LogP contribution in [0.5, 0.6) is 0 Å². The van der Waals surface area contributed by atoms with E-state index < -0.39 is 0 Å². The molecule has 0 aromatic carbocycles. The molecule has 0 bridgehead atoms. The Morgan fingerprint density at radius 3 is 2.56 bits per heavy atom. The van der Waals surface area contributed by atoms with E-state index in [4.69, 9.17) is 0 Å². The number of amides is 1. The zero-order valence-electron chi connectivity index (χ0n) is 11.0. The first-order valence-electron chi connectivity index (χ1n) is 6.71. The van der Waals surface area contributed by atoms with Crippen LogP contribution in [-0.4, -0.2) is 17.4 Å². The highest BCUT2D eigenvalue weighted by molar-refractivity contribution is 5.93. The molecule has 4 heteroatoms. The summed E-state index contributed by atoms with van der Waals surface area (Å²) < 4.78 is 0. The van der Waals surface area contributed by atoms with Crippen molar-refractivity contribution in [2.75, 3.05) is 6.54 Å². The normalized spacial score (nSPS) is 10.3. The van der Waals surface area contributed by atoms with Gasteiger partial charge in [0, 0.05) is 18.8 Å². The van der Waals surface area contributed by atoms with Gasteiger partial charge < -0.3 is 10.3 Å². The lowest BCUT2D eigenvalue weighted by molar-refractivity contribution is 0.0952. The number of hydrogen-bond acceptors (Lipinski definition) is 2. The molecule has 0 aliphatic carbocycles. The van der Waals surface area contributed by atoms with Gasteiger partial charge >= 0.3 is 0 Å². The molecule has 1 heterocycles. The van der Waals surface area contributed by atoms with Crippen molar-refractivity contribution >= 4 is 5.91 Å². The van der Waals surface area contributed by atoms with E-state index in [-0.39, 0.29) is 11.5 Å². The highest BCUT2D eigenvalue weighted by atomic mass is 16.1. The summed E-state index contributed by atoms with van der Waals surface area (Å²) in [6, 6.07) is 2.90. The van der Waals surface area contributed by atoms with Crippen LogP contribution >= 0.6 is 0 Å². The van der Waals surface area contributed by atoms with Crippen LogP contribution in [-0.2, 0) is 0 Å². The third-order valence-electron chi connectivity index (χ3n) is 2.86. The van der Waals surface area contributed by atoms with Crippen LogP contribution in [0.15, 0.2) is 23.1 Å². The monoisotopic (exact) mass is 250 g/mol. The van der Waals surface area contributed by atoms with Gasteiger partial charge in [0.2, 0.25) is 5.56 Å². The van der Waals surface area contributed by atoms with E-state index in [9.17, 15) is 9.59 Å². The van der Waals surface area contributed by atoms with Crippen LogP contribution in [0.25, 0.3) is 0 Å². The Balaban J connectivity index is 2.14. The average Bonchev–Trinajstić information content (AvgIpc) is 2.38. The fourth-order valence-corrected chi connectivity index (χ4v) is 1.76. The molecule has 0 atom stereocenters. The quantitative estimate of drug-likeness (QED) is 0.696. The molecular weight excluding hydrogens is 228 g/mol. The molecule has 0 aliphatic rings. The van der Waals surface area contributed by atoms with Gasteiger partial charge in [-0.15, -0.1) is 0 Å². The van der Waals surface area contributed by atoms with Gasteiger partial charge in [-0.05, 0) is 12.5 Å². The lowest BCUT2D eigenvalue weighted by Gasteiger charge is -2.04. The number of rotatable bonds is 8. The number of carbonyl (C=O) groups excluding carboxylic acids is 1. The molecule has 0 fully saturated rings. The molecule has 1 aromatic rings. The van der Waals surface area contributed by atoms with Gasteiger partial charge in [-0.25, -0.2) is 0 Å². The van der Waals surface area contributed by atoms with E-state index in [1.165, 1.54) is 44.0 Å². The minimum atomic E-state index is -0.192. The van der Waals surface area contributed by atoms with Crippen LogP contribution in [0.3, 0.4) is 0 Å². The van der Waals surface area contributed by atoms with E-state index in [0.29, 0.717) is 12.1 Å². The second-order valence-corrected chi connectivity index (χ2v) is 4.47. The van der Waals surface area contributed by atoms with Crippen molar-refractivity contribution in [1.29, 1.82) is 0 Å². The first-order valence-corrected chi connectivity index (χ1v) is 6.71. The van der Waals surface area contributed by atoms with E-state index in [2.05, 4.69) is 17.2 Å². The molecule has 100 valence electrons. The number of aromatic nitrogens is 1. The van der Waals surface area contributed by atoms with Crippen LogP contribution in [0.2, 0.25) is 0 Å². The van der Waals surface area contributed by atoms with Crippen molar-refractivity contribution in [3.63, 3.8) is 0 Å². The highest BCUT2D eigenvalue weighted by Gasteiger charge is 2.03. The van der Waals surface area contributed by atoms with Crippen molar-refractivity contribution in [1.82, 2.24) is 10.3 Å². The van der Waals surface area contributed by atoms with E-state index in [1.807, 2.05) is 0 Å². The maximum Gasteiger partial charge on any atom is 0.252 e. The van der Waals surface area contributed by atoms with Gasteiger partial charge in [0.15, 0.2) is 0 Å². The van der Waals surface area contributed by atoms with Crippen molar-refractivity contribution in [2.24, 2.45) is 0 Å². The topological polar surface area (TPSA) is 62.0 Å². The van der Waals surface area contributed by atoms with Crippen LogP contribution in [0.4, 0.5) is 0 Å². The first-order chi connectivity index (χ1) is 8.74. The second-order valence-electron chi connectivity index (χ2n) is 4.47. The van der Waals surface area contributed by atoms with Gasteiger partial charge in [-0.2, -0.15) is 0 Å². The molecule has 2 N–H and O–H groups in total. The van der Waals surface area contributed by atoms with Crippen LogP contribution in [0.1, 0.15) is 55.8 Å². The Labute approximate surface area is 108 Å². The Bertz CT molecular complexity index is 392. The van der Waals surface area contributed by atoms with Gasteiger partial charge in [-0.1, -0.05) is 39.0 Å². The van der Waals surface area contributed by atoms with Gasteiger partial charge in [0.25, 0.3) is 5.91 Å². The van der Waals surface area contributed by atoms with Gasteiger partial charge in [-0.3, -0.25) is 9.59 Å². The first kappa shape index (κ1) is 14.5. The molecule has 0 radical (unpaired) electrons. The molecule has 18 heavy (non-hydrogen) atoms. The van der Waals surface area contributed by atoms with Crippen molar-refractivity contribution < 1.29 is 4.79 Å². The number of pyridine rings is 1. The molecule has 1 aromatic heterocycles. The van der Waals surface area contributed by atoms with Crippen LogP contribution in [0, 0.1) is 0 Å². The number of hydrogen-bond donors (Lipinski definition) is 2. The lowest BCUT2D eigenvalue weighted by Crippen LogP contribution is -2.25. The smallest absolute Gasteiger partial charge is 0.252 e. The summed E-state index contributed by atoms with van der Waals surface area (Å²) in [4.78, 5) is 25.0. The predicted molar refractivity (Wildman–Crippen MR) is 72.8 cm³/mol. The molecule has 4 nitrogen and oxygen atoms in total. The number of carbonyl (C=O) groups is 1. The lowest BCUT2D eigenvalue weighted by atomic mass is 10.1. The highest BCUT2D eigenvalue weighted by Crippen LogP contribution is 2.04. The zero-order chi connectivity index (χ0) is 13.2. The summed E-state index contributed by atoms with van der Waals surface area (Å²) in [6.45, 7) is 2.90. The zero-order valence-corrected chi connectivity index (χ0v) is 11.0. The third kappa shape index (κ3) is 5.66. The fraction of sp³-hybridized carbons (Fsp3) is 0.571. The van der Waals surface area contributed by atoms with Crippen LogP contribution < -0.4 is 10.9 Å². The minimum Gasteiger partial charge on any atom is -0.352 e.